The van der Waals surface area contributed by atoms with Crippen LogP contribution in [0.5, 0.6) is 11.6 Å². The van der Waals surface area contributed by atoms with Crippen LogP contribution in [-0.4, -0.2) is 54.8 Å². The van der Waals surface area contributed by atoms with Crippen molar-refractivity contribution in [2.75, 3.05) is 20.3 Å². The maximum absolute atomic E-state index is 12.9. The van der Waals surface area contributed by atoms with Crippen molar-refractivity contribution in [1.29, 1.82) is 0 Å². The molecule has 2 aliphatic rings. The van der Waals surface area contributed by atoms with Crippen LogP contribution < -0.4 is 20.1 Å². The van der Waals surface area contributed by atoms with E-state index in [2.05, 4.69) is 15.6 Å². The van der Waals surface area contributed by atoms with E-state index >= 15 is 0 Å². The number of methoxy groups -OCH3 is 1. The summed E-state index contributed by atoms with van der Waals surface area (Å²) in [5, 5.41) is 7.09. The third kappa shape index (κ3) is 4.11. The number of amides is 1. The molecule has 1 aromatic carbocycles. The molecule has 8 heteroatoms. The van der Waals surface area contributed by atoms with E-state index in [9.17, 15) is 9.59 Å². The van der Waals surface area contributed by atoms with Gasteiger partial charge in [0, 0.05) is 24.4 Å². The first-order valence-corrected chi connectivity index (χ1v) is 11.3. The summed E-state index contributed by atoms with van der Waals surface area (Å²) in [6, 6.07) is 7.33. The zero-order valence-electron chi connectivity index (χ0n) is 19.1. The van der Waals surface area contributed by atoms with Gasteiger partial charge in [-0.3, -0.25) is 4.79 Å². The molecule has 4 atom stereocenters. The van der Waals surface area contributed by atoms with Crippen molar-refractivity contribution in [1.82, 2.24) is 15.6 Å². The molecule has 2 N–H and O–H groups in total. The Kier molecular flexibility index (Phi) is 6.24. The third-order valence-corrected chi connectivity index (χ3v) is 6.47. The van der Waals surface area contributed by atoms with Gasteiger partial charge in [0.1, 0.15) is 17.4 Å². The second-order valence-corrected chi connectivity index (χ2v) is 8.56. The Labute approximate surface area is 188 Å². The van der Waals surface area contributed by atoms with Crippen LogP contribution in [-0.2, 0) is 14.3 Å². The maximum atomic E-state index is 12.9. The average molecular weight is 442 g/mol. The van der Waals surface area contributed by atoms with Crippen LogP contribution in [0.4, 0.5) is 0 Å². The first kappa shape index (κ1) is 22.3. The van der Waals surface area contributed by atoms with E-state index in [4.69, 9.17) is 14.2 Å². The van der Waals surface area contributed by atoms with Gasteiger partial charge < -0.3 is 24.8 Å². The first-order valence-electron chi connectivity index (χ1n) is 11.3. The number of nitrogens with one attached hydrogen (secondary N) is 2. The second-order valence-electron chi connectivity index (χ2n) is 8.56. The minimum atomic E-state index is -0.883. The largest absolute Gasteiger partial charge is 0.488 e. The van der Waals surface area contributed by atoms with E-state index in [1.807, 2.05) is 39.0 Å². The molecular formula is C24H31N3O5. The number of hydrogen-bond acceptors (Lipinski definition) is 7. The van der Waals surface area contributed by atoms with Gasteiger partial charge in [0.2, 0.25) is 11.8 Å². The van der Waals surface area contributed by atoms with Crippen LogP contribution in [0.1, 0.15) is 38.7 Å². The molecule has 2 fully saturated rings. The Morgan fingerprint density at radius 3 is 2.81 bits per heavy atom. The highest BCUT2D eigenvalue weighted by molar-refractivity contribution is 5.93. The number of carbonyl (C=O) groups excluding carboxylic acids is 2. The number of aromatic nitrogens is 1. The molecule has 1 aromatic heterocycles. The SMILES string of the molecule is CCOc1cc(O[C@H]2CN[C@H](C(=O)N[C@]3(C(=O)OC)C[C@H]3CC)C2)c2cccc(C)c2n1. The molecule has 1 saturated carbocycles. The van der Waals surface area contributed by atoms with Crippen molar-refractivity contribution in [3.05, 3.63) is 29.8 Å². The standard InChI is InChI=1S/C24H31N3O5/c1-5-15-12-24(15,23(29)30-4)27-22(28)18-10-16(13-25-18)32-19-11-20(31-6-2)26-21-14(3)8-7-9-17(19)21/h7-9,11,15-16,18,25H,5-6,10,12-13H2,1-4H3,(H,27,28)/t15-,16-,18+,24-/m1/s1. The molecule has 1 aliphatic carbocycles. The van der Waals surface area contributed by atoms with Gasteiger partial charge in [0.15, 0.2) is 0 Å². The van der Waals surface area contributed by atoms with Crippen LogP contribution in [0.3, 0.4) is 0 Å². The van der Waals surface area contributed by atoms with Crippen molar-refractivity contribution in [2.24, 2.45) is 5.92 Å². The van der Waals surface area contributed by atoms with E-state index in [0.717, 1.165) is 22.9 Å². The number of aryl methyl sites for hydroxylation is 1. The quantitative estimate of drug-likeness (QED) is 0.608. The van der Waals surface area contributed by atoms with Crippen molar-refractivity contribution >= 4 is 22.8 Å². The van der Waals surface area contributed by atoms with Gasteiger partial charge in [-0.1, -0.05) is 25.5 Å². The number of hydrogen-bond donors (Lipinski definition) is 2. The minimum Gasteiger partial charge on any atom is -0.488 e. The fourth-order valence-corrected chi connectivity index (χ4v) is 4.60. The number of esters is 1. The monoisotopic (exact) mass is 441 g/mol. The summed E-state index contributed by atoms with van der Waals surface area (Å²) in [5.74, 6) is 0.766. The average Bonchev–Trinajstić information content (AvgIpc) is 3.30. The van der Waals surface area contributed by atoms with E-state index in [-0.39, 0.29) is 23.9 Å². The Morgan fingerprint density at radius 2 is 2.12 bits per heavy atom. The van der Waals surface area contributed by atoms with Crippen molar-refractivity contribution in [3.8, 4) is 11.6 Å². The molecular weight excluding hydrogens is 410 g/mol. The molecule has 0 unspecified atom stereocenters. The molecule has 32 heavy (non-hydrogen) atoms. The van der Waals surface area contributed by atoms with Crippen molar-refractivity contribution in [3.63, 3.8) is 0 Å². The lowest BCUT2D eigenvalue weighted by Crippen LogP contribution is -2.51. The van der Waals surface area contributed by atoms with Gasteiger partial charge in [-0.05, 0) is 37.8 Å². The lowest BCUT2D eigenvalue weighted by molar-refractivity contribution is -0.147. The topological polar surface area (TPSA) is 98.8 Å². The molecule has 172 valence electrons. The van der Waals surface area contributed by atoms with E-state index in [1.165, 1.54) is 7.11 Å². The Hall–Kier alpha value is -2.87. The van der Waals surface area contributed by atoms with E-state index < -0.39 is 11.6 Å². The van der Waals surface area contributed by atoms with Gasteiger partial charge in [-0.25, -0.2) is 9.78 Å². The molecule has 2 heterocycles. The summed E-state index contributed by atoms with van der Waals surface area (Å²) in [6.07, 6.45) is 1.74. The van der Waals surface area contributed by atoms with E-state index in [0.29, 0.717) is 37.6 Å². The summed E-state index contributed by atoms with van der Waals surface area (Å²) in [4.78, 5) is 29.8. The molecule has 0 radical (unpaired) electrons. The first-order chi connectivity index (χ1) is 15.4. The number of benzene rings is 1. The van der Waals surface area contributed by atoms with Crippen LogP contribution in [0.2, 0.25) is 0 Å². The van der Waals surface area contributed by atoms with Gasteiger partial charge in [0.25, 0.3) is 0 Å². The van der Waals surface area contributed by atoms with Gasteiger partial charge in [0.05, 0.1) is 25.3 Å². The fraction of sp³-hybridized carbons (Fsp3) is 0.542. The van der Waals surface area contributed by atoms with Crippen LogP contribution in [0.25, 0.3) is 10.9 Å². The number of fused-ring (bicyclic) bond motifs is 1. The van der Waals surface area contributed by atoms with Crippen molar-refractivity contribution in [2.45, 2.75) is 57.7 Å². The van der Waals surface area contributed by atoms with Gasteiger partial charge >= 0.3 is 5.97 Å². The Balaban J connectivity index is 1.47. The highest BCUT2D eigenvalue weighted by Crippen LogP contribution is 2.46. The van der Waals surface area contributed by atoms with Crippen LogP contribution in [0.15, 0.2) is 24.3 Å². The molecule has 1 aliphatic heterocycles. The molecule has 1 saturated heterocycles. The highest BCUT2D eigenvalue weighted by Gasteiger charge is 2.61. The summed E-state index contributed by atoms with van der Waals surface area (Å²) in [5.41, 5.74) is 0.999. The summed E-state index contributed by atoms with van der Waals surface area (Å²) in [6.45, 7) is 6.97. The summed E-state index contributed by atoms with van der Waals surface area (Å²) >= 11 is 0. The number of para-hydroxylation sites is 1. The number of carbonyl (C=O) groups is 2. The minimum absolute atomic E-state index is 0.121. The van der Waals surface area contributed by atoms with Gasteiger partial charge in [-0.15, -0.1) is 0 Å². The number of nitrogens with zero attached hydrogens (tertiary/aromatic N) is 1. The molecule has 4 rings (SSSR count). The number of rotatable bonds is 8. The van der Waals surface area contributed by atoms with Gasteiger partial charge in [-0.2, -0.15) is 0 Å². The lowest BCUT2D eigenvalue weighted by Gasteiger charge is -2.20. The number of pyridine rings is 1. The summed E-state index contributed by atoms with van der Waals surface area (Å²) in [7, 11) is 1.36. The van der Waals surface area contributed by atoms with Crippen molar-refractivity contribution < 1.29 is 23.8 Å². The molecule has 2 aromatic rings. The Morgan fingerprint density at radius 1 is 1.31 bits per heavy atom. The highest BCUT2D eigenvalue weighted by atomic mass is 16.5. The maximum Gasteiger partial charge on any atom is 0.331 e. The zero-order valence-corrected chi connectivity index (χ0v) is 19.1. The second kappa shape index (κ2) is 8.94. The molecule has 0 spiro atoms. The molecule has 0 bridgehead atoms. The predicted molar refractivity (Wildman–Crippen MR) is 120 cm³/mol. The Bertz CT molecular complexity index is 1030. The fourth-order valence-electron chi connectivity index (χ4n) is 4.60. The molecule has 8 nitrogen and oxygen atoms in total. The van der Waals surface area contributed by atoms with Crippen LogP contribution in [0, 0.1) is 12.8 Å². The number of ether oxygens (including phenoxy) is 3. The zero-order chi connectivity index (χ0) is 22.9. The van der Waals surface area contributed by atoms with E-state index in [1.54, 1.807) is 6.07 Å². The normalized spacial score (nSPS) is 26.6. The smallest absolute Gasteiger partial charge is 0.331 e. The third-order valence-electron chi connectivity index (χ3n) is 6.47. The molecule has 1 amide bonds. The predicted octanol–water partition coefficient (Wildman–Crippen LogP) is 2.51. The summed E-state index contributed by atoms with van der Waals surface area (Å²) < 4.78 is 16.9. The van der Waals surface area contributed by atoms with Crippen LogP contribution >= 0.6 is 0 Å². The lowest BCUT2D eigenvalue weighted by atomic mass is 10.1.